The summed E-state index contributed by atoms with van der Waals surface area (Å²) in [7, 11) is 1.52. The fourth-order valence-electron chi connectivity index (χ4n) is 3.24. The van der Waals surface area contributed by atoms with Crippen LogP contribution in [0.2, 0.25) is 0 Å². The molecule has 0 amide bonds. The van der Waals surface area contributed by atoms with Gasteiger partial charge >= 0.3 is 0 Å². The van der Waals surface area contributed by atoms with E-state index in [-0.39, 0.29) is 17.6 Å². The number of hydrogen-bond donors (Lipinski definition) is 0. The van der Waals surface area contributed by atoms with Crippen LogP contribution in [0.4, 0.5) is 0 Å². The Labute approximate surface area is 165 Å². The van der Waals surface area contributed by atoms with E-state index in [9.17, 15) is 4.79 Å². The molecule has 1 aliphatic carbocycles. The quantitative estimate of drug-likeness (QED) is 0.399. The lowest BCUT2D eigenvalue weighted by molar-refractivity contribution is -0.124. The topological polar surface area (TPSA) is 26.3 Å². The Morgan fingerprint density at radius 3 is 2.23 bits per heavy atom. The highest BCUT2D eigenvalue weighted by Crippen LogP contribution is 2.36. The van der Waals surface area contributed by atoms with Crippen LogP contribution in [0.15, 0.2) is 45.7 Å². The number of allylic oxidation sites excluding steroid dienone is 8. The fraction of sp³-hybridized carbons (Fsp3) is 0.609. The van der Waals surface area contributed by atoms with Crippen molar-refractivity contribution in [3.05, 3.63) is 45.7 Å². The van der Waals surface area contributed by atoms with Crippen LogP contribution < -0.4 is 0 Å². The van der Waals surface area contributed by atoms with Crippen LogP contribution in [0.3, 0.4) is 0 Å². The van der Waals surface area contributed by atoms with Crippen LogP contribution in [0.1, 0.15) is 73.1 Å². The fourth-order valence-corrected chi connectivity index (χ4v) is 3.61. The second-order valence-corrected chi connectivity index (χ2v) is 8.21. The molecule has 0 saturated carbocycles. The largest absolute Gasteiger partial charge is 0.492 e. The minimum Gasteiger partial charge on any atom is -0.492 e. The molecule has 2 nitrogen and oxygen atoms in total. The summed E-state index contributed by atoms with van der Waals surface area (Å²) in [6.45, 7) is 10.7. The summed E-state index contributed by atoms with van der Waals surface area (Å²) in [5, 5.41) is 0.571. The van der Waals surface area contributed by atoms with Gasteiger partial charge in [0.2, 0.25) is 5.78 Å². The van der Waals surface area contributed by atoms with Gasteiger partial charge in [-0.3, -0.25) is 4.79 Å². The van der Waals surface area contributed by atoms with E-state index < -0.39 is 0 Å². The summed E-state index contributed by atoms with van der Waals surface area (Å²) in [6, 6.07) is 0. The molecule has 0 bridgehead atoms. The highest BCUT2D eigenvalue weighted by molar-refractivity contribution is 6.32. The number of carbonyl (C=O) groups excluding carboxylic acids is 1. The molecule has 0 fully saturated rings. The number of ketones is 1. The number of methoxy groups -OCH3 is 1. The third kappa shape index (κ3) is 7.53. The van der Waals surface area contributed by atoms with Crippen molar-refractivity contribution in [1.82, 2.24) is 0 Å². The van der Waals surface area contributed by atoms with Gasteiger partial charge in [-0.1, -0.05) is 53.5 Å². The van der Waals surface area contributed by atoms with Crippen LogP contribution in [0.5, 0.6) is 0 Å². The van der Waals surface area contributed by atoms with Gasteiger partial charge in [0.1, 0.15) is 0 Å². The molecule has 0 aliphatic heterocycles. The van der Waals surface area contributed by atoms with Gasteiger partial charge in [-0.15, -0.1) is 0 Å². The van der Waals surface area contributed by atoms with E-state index in [1.807, 2.05) is 6.92 Å². The smallest absolute Gasteiger partial charge is 0.201 e. The van der Waals surface area contributed by atoms with E-state index in [4.69, 9.17) is 16.3 Å². The van der Waals surface area contributed by atoms with Crippen molar-refractivity contribution < 1.29 is 9.53 Å². The van der Waals surface area contributed by atoms with Crippen LogP contribution in [-0.4, -0.2) is 12.9 Å². The molecule has 0 spiro atoms. The first-order valence-corrected chi connectivity index (χ1v) is 10.1. The van der Waals surface area contributed by atoms with Crippen LogP contribution in [0, 0.1) is 11.8 Å². The zero-order chi connectivity index (χ0) is 19.7. The average molecular weight is 379 g/mol. The van der Waals surface area contributed by atoms with Gasteiger partial charge < -0.3 is 4.74 Å². The number of hydrogen-bond acceptors (Lipinski definition) is 2. The highest BCUT2D eigenvalue weighted by Gasteiger charge is 2.34. The molecule has 0 N–H and O–H groups in total. The number of ether oxygens (including phenoxy) is 1. The number of rotatable bonds is 9. The molecule has 0 radical (unpaired) electrons. The predicted octanol–water partition coefficient (Wildman–Crippen LogP) is 7.12. The van der Waals surface area contributed by atoms with E-state index in [0.29, 0.717) is 10.8 Å². The molecule has 1 aliphatic rings. The van der Waals surface area contributed by atoms with Crippen molar-refractivity contribution in [3.63, 3.8) is 0 Å². The molecule has 0 heterocycles. The normalized spacial score (nSPS) is 21.9. The van der Waals surface area contributed by atoms with E-state index >= 15 is 0 Å². The third-order valence-electron chi connectivity index (χ3n) is 5.13. The van der Waals surface area contributed by atoms with Crippen LogP contribution in [0.25, 0.3) is 0 Å². The van der Waals surface area contributed by atoms with Crippen molar-refractivity contribution in [1.29, 1.82) is 0 Å². The van der Waals surface area contributed by atoms with Crippen molar-refractivity contribution in [2.75, 3.05) is 7.11 Å². The minimum atomic E-state index is -0.0336. The molecular weight excluding hydrogens is 344 g/mol. The first-order valence-electron chi connectivity index (χ1n) is 9.67. The van der Waals surface area contributed by atoms with Gasteiger partial charge in [0, 0.05) is 5.92 Å². The maximum Gasteiger partial charge on any atom is 0.201 e. The Kier molecular flexibility index (Phi) is 10.0. The van der Waals surface area contributed by atoms with Crippen molar-refractivity contribution in [2.45, 2.75) is 73.1 Å². The highest BCUT2D eigenvalue weighted by atomic mass is 35.5. The molecule has 0 aromatic carbocycles. The zero-order valence-corrected chi connectivity index (χ0v) is 18.1. The molecule has 26 heavy (non-hydrogen) atoms. The standard InChI is InChI=1S/C23H35ClO2/c1-16(2)9-7-10-17(3)11-8-12-18(4)13-14-20-15-21(24)23(26-6)22(25)19(20)5/h9,11,13,19-20H,7-8,10,12,14-15H2,1-6H3/b17-11+,18-13+. The van der Waals surface area contributed by atoms with E-state index in [1.54, 1.807) is 0 Å². The predicted molar refractivity (Wildman–Crippen MR) is 112 cm³/mol. The summed E-state index contributed by atoms with van der Waals surface area (Å²) in [6.07, 6.45) is 13.0. The van der Waals surface area contributed by atoms with Crippen LogP contribution >= 0.6 is 11.6 Å². The van der Waals surface area contributed by atoms with E-state index in [0.717, 1.165) is 38.5 Å². The first-order chi connectivity index (χ1) is 12.3. The van der Waals surface area contributed by atoms with Crippen molar-refractivity contribution in [3.8, 4) is 0 Å². The maximum absolute atomic E-state index is 12.3. The zero-order valence-electron chi connectivity index (χ0n) is 17.3. The van der Waals surface area contributed by atoms with Gasteiger partial charge in [-0.25, -0.2) is 0 Å². The van der Waals surface area contributed by atoms with E-state index in [2.05, 4.69) is 45.9 Å². The summed E-state index contributed by atoms with van der Waals surface area (Å²) in [5.41, 5.74) is 4.24. The van der Waals surface area contributed by atoms with Crippen LogP contribution in [-0.2, 0) is 9.53 Å². The second-order valence-electron chi connectivity index (χ2n) is 7.75. The lowest BCUT2D eigenvalue weighted by Gasteiger charge is -2.28. The average Bonchev–Trinajstić information content (AvgIpc) is 2.57. The van der Waals surface area contributed by atoms with Crippen molar-refractivity contribution >= 4 is 17.4 Å². The molecule has 0 aromatic heterocycles. The van der Waals surface area contributed by atoms with Gasteiger partial charge in [0.05, 0.1) is 12.1 Å². The Bertz CT molecular complexity index is 604. The molecule has 0 saturated heterocycles. The summed E-state index contributed by atoms with van der Waals surface area (Å²) in [4.78, 5) is 12.3. The SMILES string of the molecule is COC1=C(Cl)CC(C/C=C(\C)CC/C=C(\C)CCC=C(C)C)C(C)C1=O. The maximum atomic E-state index is 12.3. The Morgan fingerprint density at radius 2 is 1.65 bits per heavy atom. The molecule has 0 aromatic rings. The Hall–Kier alpha value is -1.28. The monoisotopic (exact) mass is 378 g/mol. The lowest BCUT2D eigenvalue weighted by Crippen LogP contribution is -2.28. The first kappa shape index (κ1) is 22.8. The van der Waals surface area contributed by atoms with Gasteiger partial charge in [0.15, 0.2) is 5.76 Å². The van der Waals surface area contributed by atoms with Gasteiger partial charge in [-0.05, 0) is 72.1 Å². The number of halogens is 1. The lowest BCUT2D eigenvalue weighted by atomic mass is 9.80. The number of Topliss-reactive ketones (excluding diaryl/α,β-unsaturated/α-hetero) is 1. The molecule has 3 heteroatoms. The van der Waals surface area contributed by atoms with Crippen molar-refractivity contribution in [2.24, 2.45) is 11.8 Å². The summed E-state index contributed by atoms with van der Waals surface area (Å²) < 4.78 is 5.15. The number of carbonyl (C=O) groups is 1. The summed E-state index contributed by atoms with van der Waals surface area (Å²) >= 11 is 6.23. The Morgan fingerprint density at radius 1 is 1.08 bits per heavy atom. The third-order valence-corrected chi connectivity index (χ3v) is 5.45. The Balaban J connectivity index is 2.48. The second kappa shape index (κ2) is 11.4. The minimum absolute atomic E-state index is 0.0336. The van der Waals surface area contributed by atoms with Gasteiger partial charge in [0.25, 0.3) is 0 Å². The molecule has 2 atom stereocenters. The van der Waals surface area contributed by atoms with E-state index in [1.165, 1.54) is 23.8 Å². The van der Waals surface area contributed by atoms with Gasteiger partial charge in [-0.2, -0.15) is 0 Å². The molecule has 1 rings (SSSR count). The summed E-state index contributed by atoms with van der Waals surface area (Å²) in [5.74, 6) is 0.624. The molecular formula is C23H35ClO2. The molecule has 2 unspecified atom stereocenters. The molecule has 146 valence electrons.